The summed E-state index contributed by atoms with van der Waals surface area (Å²) in [4.78, 5) is 2.36. The highest BCUT2D eigenvalue weighted by atomic mass is 79.9. The normalized spacial score (nSPS) is 15.3. The molecule has 0 radical (unpaired) electrons. The molecule has 3 nitrogen and oxygen atoms in total. The van der Waals surface area contributed by atoms with Gasteiger partial charge in [0.25, 0.3) is 0 Å². The van der Waals surface area contributed by atoms with Crippen molar-refractivity contribution in [2.45, 2.75) is 25.8 Å². The van der Waals surface area contributed by atoms with Crippen LogP contribution in [-0.4, -0.2) is 31.1 Å². The number of hydrogen-bond donors (Lipinski definition) is 1. The molecular weight excluding hydrogens is 280 g/mol. The molecule has 2 rings (SSSR count). The zero-order valence-electron chi connectivity index (χ0n) is 10.4. The summed E-state index contributed by atoms with van der Waals surface area (Å²) < 4.78 is 6.70. The van der Waals surface area contributed by atoms with Gasteiger partial charge in [-0.05, 0) is 60.4 Å². The number of anilines is 1. The molecule has 0 heterocycles. The highest BCUT2D eigenvalue weighted by Gasteiger charge is 2.25. The summed E-state index contributed by atoms with van der Waals surface area (Å²) in [6.45, 7) is 3.68. The molecule has 0 aromatic heterocycles. The lowest BCUT2D eigenvalue weighted by Gasteiger charge is -2.16. The SMILES string of the molecule is Cc1cc(OCCN(C)C2CC2)c(Br)cc1N. The van der Waals surface area contributed by atoms with Gasteiger partial charge in [0.05, 0.1) is 4.47 Å². The topological polar surface area (TPSA) is 38.5 Å². The fraction of sp³-hybridized carbons (Fsp3) is 0.538. The number of likely N-dealkylation sites (N-methyl/N-ethyl adjacent to an activating group) is 1. The maximum atomic E-state index is 5.82. The van der Waals surface area contributed by atoms with Crippen molar-refractivity contribution in [3.63, 3.8) is 0 Å². The summed E-state index contributed by atoms with van der Waals surface area (Å²) in [5.74, 6) is 0.876. The molecule has 1 aliphatic carbocycles. The average Bonchev–Trinajstić information content (AvgIpc) is 3.09. The summed E-state index contributed by atoms with van der Waals surface area (Å²) in [6.07, 6.45) is 2.67. The van der Waals surface area contributed by atoms with Crippen LogP contribution in [0.4, 0.5) is 5.69 Å². The molecule has 1 fully saturated rings. The third kappa shape index (κ3) is 3.36. The summed E-state index contributed by atoms with van der Waals surface area (Å²) in [7, 11) is 2.16. The van der Waals surface area contributed by atoms with Gasteiger partial charge in [0, 0.05) is 18.3 Å². The molecule has 0 aliphatic heterocycles. The summed E-state index contributed by atoms with van der Waals surface area (Å²) >= 11 is 3.47. The third-order valence-corrected chi connectivity index (χ3v) is 3.81. The van der Waals surface area contributed by atoms with E-state index in [2.05, 4.69) is 27.9 Å². The van der Waals surface area contributed by atoms with Crippen LogP contribution in [0.3, 0.4) is 0 Å². The first kappa shape index (κ1) is 12.7. The van der Waals surface area contributed by atoms with Gasteiger partial charge >= 0.3 is 0 Å². The van der Waals surface area contributed by atoms with Crippen LogP contribution in [0.2, 0.25) is 0 Å². The van der Waals surface area contributed by atoms with Crippen LogP contribution in [0, 0.1) is 6.92 Å². The molecule has 0 amide bonds. The zero-order valence-corrected chi connectivity index (χ0v) is 12.0. The Labute approximate surface area is 111 Å². The number of hydrogen-bond acceptors (Lipinski definition) is 3. The summed E-state index contributed by atoms with van der Waals surface area (Å²) in [6, 6.07) is 4.67. The quantitative estimate of drug-likeness (QED) is 0.850. The first-order valence-corrected chi connectivity index (χ1v) is 6.76. The minimum atomic E-state index is 0.717. The van der Waals surface area contributed by atoms with Crippen molar-refractivity contribution in [1.82, 2.24) is 4.90 Å². The smallest absolute Gasteiger partial charge is 0.133 e. The van der Waals surface area contributed by atoms with Gasteiger partial charge in [-0.3, -0.25) is 0 Å². The summed E-state index contributed by atoms with van der Waals surface area (Å²) in [5.41, 5.74) is 7.67. The van der Waals surface area contributed by atoms with E-state index in [0.29, 0.717) is 0 Å². The standard InChI is InChI=1S/C13H19BrN2O/c1-9-7-13(11(14)8-12(9)15)17-6-5-16(2)10-3-4-10/h7-8,10H,3-6,15H2,1-2H3. The van der Waals surface area contributed by atoms with Crippen molar-refractivity contribution in [2.75, 3.05) is 25.9 Å². The van der Waals surface area contributed by atoms with Crippen LogP contribution in [0.15, 0.2) is 16.6 Å². The lowest BCUT2D eigenvalue weighted by atomic mass is 10.2. The Hall–Kier alpha value is -0.740. The first-order valence-electron chi connectivity index (χ1n) is 5.96. The second kappa shape index (κ2) is 5.27. The molecule has 1 aromatic carbocycles. The molecule has 0 saturated heterocycles. The Kier molecular flexibility index (Phi) is 3.94. The van der Waals surface area contributed by atoms with E-state index in [4.69, 9.17) is 10.5 Å². The number of benzene rings is 1. The number of halogens is 1. The largest absolute Gasteiger partial charge is 0.491 e. The van der Waals surface area contributed by atoms with Gasteiger partial charge < -0.3 is 15.4 Å². The maximum absolute atomic E-state index is 5.82. The minimum Gasteiger partial charge on any atom is -0.491 e. The predicted molar refractivity (Wildman–Crippen MR) is 74.4 cm³/mol. The first-order chi connectivity index (χ1) is 8.08. The molecule has 1 aromatic rings. The Morgan fingerprint density at radius 2 is 2.18 bits per heavy atom. The number of rotatable bonds is 5. The molecule has 94 valence electrons. The molecule has 2 N–H and O–H groups in total. The molecule has 0 atom stereocenters. The highest BCUT2D eigenvalue weighted by molar-refractivity contribution is 9.10. The Bertz CT molecular complexity index is 405. The van der Waals surface area contributed by atoms with Crippen LogP contribution in [0.25, 0.3) is 0 Å². The second-order valence-corrected chi connectivity index (χ2v) is 5.55. The minimum absolute atomic E-state index is 0.717. The van der Waals surface area contributed by atoms with Gasteiger partial charge in [0.1, 0.15) is 12.4 Å². The van der Waals surface area contributed by atoms with E-state index >= 15 is 0 Å². The van der Waals surface area contributed by atoms with Crippen LogP contribution >= 0.6 is 15.9 Å². The highest BCUT2D eigenvalue weighted by Crippen LogP contribution is 2.30. The number of nitrogens with zero attached hydrogens (tertiary/aromatic N) is 1. The van der Waals surface area contributed by atoms with E-state index in [-0.39, 0.29) is 0 Å². The number of nitrogens with two attached hydrogens (primary N) is 1. The molecule has 17 heavy (non-hydrogen) atoms. The Balaban J connectivity index is 1.87. The van der Waals surface area contributed by atoms with E-state index in [1.807, 2.05) is 19.1 Å². The number of nitrogen functional groups attached to an aromatic ring is 1. The number of ether oxygens (including phenoxy) is 1. The van der Waals surface area contributed by atoms with Crippen LogP contribution in [0.5, 0.6) is 5.75 Å². The van der Waals surface area contributed by atoms with Gasteiger partial charge in [-0.1, -0.05) is 0 Å². The molecule has 1 saturated carbocycles. The van der Waals surface area contributed by atoms with E-state index in [1.54, 1.807) is 0 Å². The van der Waals surface area contributed by atoms with Crippen molar-refractivity contribution in [1.29, 1.82) is 0 Å². The summed E-state index contributed by atoms with van der Waals surface area (Å²) in [5, 5.41) is 0. The molecular formula is C13H19BrN2O. The zero-order chi connectivity index (χ0) is 12.4. The fourth-order valence-electron chi connectivity index (χ4n) is 1.78. The van der Waals surface area contributed by atoms with Crippen molar-refractivity contribution in [3.8, 4) is 5.75 Å². The van der Waals surface area contributed by atoms with Crippen molar-refractivity contribution in [3.05, 3.63) is 22.2 Å². The van der Waals surface area contributed by atoms with Crippen molar-refractivity contribution in [2.24, 2.45) is 0 Å². The van der Waals surface area contributed by atoms with Crippen LogP contribution in [-0.2, 0) is 0 Å². The predicted octanol–water partition coefficient (Wildman–Crippen LogP) is 2.81. The molecule has 1 aliphatic rings. The van der Waals surface area contributed by atoms with E-state index in [0.717, 1.165) is 40.7 Å². The van der Waals surface area contributed by atoms with Crippen molar-refractivity contribution >= 4 is 21.6 Å². The Morgan fingerprint density at radius 1 is 1.47 bits per heavy atom. The van der Waals surface area contributed by atoms with Gasteiger partial charge in [-0.2, -0.15) is 0 Å². The average molecular weight is 299 g/mol. The molecule has 4 heteroatoms. The van der Waals surface area contributed by atoms with Gasteiger partial charge in [-0.15, -0.1) is 0 Å². The van der Waals surface area contributed by atoms with E-state index < -0.39 is 0 Å². The van der Waals surface area contributed by atoms with Crippen LogP contribution < -0.4 is 10.5 Å². The fourth-order valence-corrected chi connectivity index (χ4v) is 2.25. The van der Waals surface area contributed by atoms with Gasteiger partial charge in [0.2, 0.25) is 0 Å². The van der Waals surface area contributed by atoms with Crippen molar-refractivity contribution < 1.29 is 4.74 Å². The lowest BCUT2D eigenvalue weighted by molar-refractivity contribution is 0.231. The molecule has 0 bridgehead atoms. The van der Waals surface area contributed by atoms with E-state index in [9.17, 15) is 0 Å². The molecule has 0 unspecified atom stereocenters. The third-order valence-electron chi connectivity index (χ3n) is 3.19. The molecule has 0 spiro atoms. The van der Waals surface area contributed by atoms with E-state index in [1.165, 1.54) is 12.8 Å². The Morgan fingerprint density at radius 3 is 2.82 bits per heavy atom. The van der Waals surface area contributed by atoms with Gasteiger partial charge in [-0.25, -0.2) is 0 Å². The lowest BCUT2D eigenvalue weighted by Crippen LogP contribution is -2.26. The van der Waals surface area contributed by atoms with Crippen LogP contribution in [0.1, 0.15) is 18.4 Å². The van der Waals surface area contributed by atoms with Gasteiger partial charge in [0.15, 0.2) is 0 Å². The second-order valence-electron chi connectivity index (χ2n) is 4.70. The monoisotopic (exact) mass is 298 g/mol. The number of aryl methyl sites for hydroxylation is 1. The maximum Gasteiger partial charge on any atom is 0.133 e.